The van der Waals surface area contributed by atoms with E-state index in [0.717, 1.165) is 129 Å². The summed E-state index contributed by atoms with van der Waals surface area (Å²) in [6.45, 7) is 19.3. The van der Waals surface area contributed by atoms with Crippen molar-refractivity contribution in [1.29, 1.82) is 0 Å². The fourth-order valence-electron chi connectivity index (χ4n) is 18.8. The summed E-state index contributed by atoms with van der Waals surface area (Å²) in [6, 6.07) is 11.9. The number of likely N-dealkylation sites (tertiary alicyclic amines) is 2. The number of benzene rings is 2. The number of nitrogens with zero attached hydrogens (tertiary/aromatic N) is 2. The zero-order valence-corrected chi connectivity index (χ0v) is 76.5. The molecule has 5 N–H and O–H groups in total. The number of nitrogens with one attached hydrogen (secondary N) is 1. The molecule has 4 aliphatic heterocycles. The maximum Gasteiger partial charge on any atom is 0.310 e. The van der Waals surface area contributed by atoms with Crippen LogP contribution in [0.15, 0.2) is 60.7 Å². The third-order valence-electron chi connectivity index (χ3n) is 26.2. The Bertz CT molecular complexity index is 4250. The van der Waals surface area contributed by atoms with Crippen LogP contribution in [0.2, 0.25) is 0 Å². The molecule has 680 valence electrons. The van der Waals surface area contributed by atoms with Crippen LogP contribution in [0, 0.1) is 81.9 Å². The number of aliphatic hydroxyl groups excluding tert-OH is 2. The summed E-state index contributed by atoms with van der Waals surface area (Å²) in [5.41, 5.74) is 2.95. The van der Waals surface area contributed by atoms with Gasteiger partial charge in [-0.3, -0.25) is 67.3 Å². The van der Waals surface area contributed by atoms with Crippen LogP contribution in [0.4, 0.5) is 0 Å². The number of aryl methyl sites for hydroxylation is 2. The van der Waals surface area contributed by atoms with E-state index in [1.165, 1.54) is 33.3 Å². The first-order valence-corrected chi connectivity index (χ1v) is 48.0. The Kier molecular flexibility index (Phi) is 38.7. The van der Waals surface area contributed by atoms with Crippen LogP contribution in [-0.2, 0) is 79.8 Å². The van der Waals surface area contributed by atoms with Gasteiger partial charge in [-0.1, -0.05) is 168 Å². The molecule has 4 aliphatic carbocycles. The third-order valence-corrected chi connectivity index (χ3v) is 28.8. The van der Waals surface area contributed by atoms with E-state index in [1.807, 2.05) is 110 Å². The highest BCUT2D eigenvalue weighted by atomic mass is 32.2. The van der Waals surface area contributed by atoms with Crippen molar-refractivity contribution < 1.29 is 96.9 Å². The van der Waals surface area contributed by atoms with Gasteiger partial charge in [-0.25, -0.2) is 0 Å². The van der Waals surface area contributed by atoms with E-state index in [0.29, 0.717) is 90.0 Å². The molecule has 6 unspecified atom stereocenters. The molecule has 2 aromatic rings. The normalized spacial score (nSPS) is 25.4. The van der Waals surface area contributed by atoms with Crippen LogP contribution in [0.25, 0.3) is 0 Å². The van der Waals surface area contributed by atoms with E-state index < -0.39 is 70.2 Å². The summed E-state index contributed by atoms with van der Waals surface area (Å²) >= 11 is 3.02. The number of esters is 2. The maximum absolute atomic E-state index is 14.1. The number of aliphatic hydroxyl groups is 2. The number of para-hydroxylation sites is 2. The number of ketones is 3. The molecule has 25 heteroatoms. The van der Waals surface area contributed by atoms with E-state index in [2.05, 4.69) is 29.0 Å². The number of Topliss-reactive ketones (excluding diaryl/α,β-unsaturated/α-hetero) is 3. The van der Waals surface area contributed by atoms with Crippen LogP contribution in [0.1, 0.15) is 296 Å². The number of fused-ring (bicyclic) bond motifs is 6. The van der Waals surface area contributed by atoms with Crippen LogP contribution in [-0.4, -0.2) is 179 Å². The topological polar surface area (TPSA) is 341 Å². The third kappa shape index (κ3) is 28.0. The molecule has 5 amide bonds. The van der Waals surface area contributed by atoms with Crippen molar-refractivity contribution in [2.75, 3.05) is 31.1 Å². The van der Waals surface area contributed by atoms with Crippen LogP contribution in [0.5, 0.6) is 11.5 Å². The van der Waals surface area contributed by atoms with Gasteiger partial charge in [0.2, 0.25) is 29.5 Å². The average molecular weight is 1750 g/mol. The summed E-state index contributed by atoms with van der Waals surface area (Å²) in [4.78, 5) is 155. The van der Waals surface area contributed by atoms with E-state index in [-0.39, 0.29) is 169 Å². The number of carbonyl (C=O) groups excluding carboxylic acids is 10. The number of hydrogen-bond donors (Lipinski definition) is 5. The number of rotatable bonds is 45. The highest BCUT2D eigenvalue weighted by Gasteiger charge is 2.53. The van der Waals surface area contributed by atoms with Gasteiger partial charge in [0.15, 0.2) is 0 Å². The second-order valence-corrected chi connectivity index (χ2v) is 40.1. The van der Waals surface area contributed by atoms with Crippen LogP contribution >= 0.6 is 23.5 Å². The van der Waals surface area contributed by atoms with Crippen molar-refractivity contribution in [3.05, 3.63) is 83.0 Å². The van der Waals surface area contributed by atoms with Crippen LogP contribution in [0.3, 0.4) is 0 Å². The Labute approximate surface area is 743 Å². The summed E-state index contributed by atoms with van der Waals surface area (Å²) in [7, 11) is 0. The van der Waals surface area contributed by atoms with Gasteiger partial charge in [0.05, 0.1) is 40.5 Å². The van der Waals surface area contributed by atoms with E-state index >= 15 is 0 Å². The van der Waals surface area contributed by atoms with Gasteiger partial charge in [0.1, 0.15) is 53.3 Å². The fourth-order valence-corrected chi connectivity index (χ4v) is 21.1. The lowest BCUT2D eigenvalue weighted by Crippen LogP contribution is -2.41. The van der Waals surface area contributed by atoms with Gasteiger partial charge in [0, 0.05) is 148 Å². The zero-order valence-electron chi connectivity index (χ0n) is 74.9. The molecule has 4 heterocycles. The Morgan fingerprint density at radius 1 is 0.565 bits per heavy atom. The first kappa shape index (κ1) is 99.7. The molecule has 10 rings (SSSR count). The smallest absolute Gasteiger partial charge is 0.310 e. The quantitative estimate of drug-likeness (QED) is 0.0135. The second-order valence-electron chi connectivity index (χ2n) is 37.5. The fraction of sp³-hybridized carbons (Fsp3) is 0.677. The molecule has 0 aromatic heterocycles. The number of imide groups is 2. The van der Waals surface area contributed by atoms with Gasteiger partial charge in [-0.05, 0) is 126 Å². The Balaban J connectivity index is 0.000000281. The number of carboxylic acid groups (broad SMARTS) is 2. The highest BCUT2D eigenvalue weighted by molar-refractivity contribution is 8.00. The number of thioether (sulfide) groups is 2. The van der Waals surface area contributed by atoms with Crippen molar-refractivity contribution >= 4 is 94.3 Å². The number of unbranched alkanes of at least 4 members (excludes halogenated alkanes) is 7. The number of carboxylic acids is 2. The highest BCUT2D eigenvalue weighted by Crippen LogP contribution is 2.55. The van der Waals surface area contributed by atoms with Gasteiger partial charge in [0.25, 0.3) is 0 Å². The van der Waals surface area contributed by atoms with Gasteiger partial charge >= 0.3 is 23.9 Å². The zero-order chi connectivity index (χ0) is 90.0. The molecule has 2 saturated heterocycles. The number of hydrogen-bond acceptors (Lipinski definition) is 20. The van der Waals surface area contributed by atoms with Crippen molar-refractivity contribution in [3.8, 4) is 35.2 Å². The van der Waals surface area contributed by atoms with Crippen LogP contribution < -0.4 is 14.8 Å². The minimum absolute atomic E-state index is 0.0276. The molecule has 6 fully saturated rings. The minimum atomic E-state index is -0.837. The Morgan fingerprint density at radius 3 is 1.56 bits per heavy atom. The predicted octanol–water partition coefficient (Wildman–Crippen LogP) is 15.6. The lowest BCUT2D eigenvalue weighted by molar-refractivity contribution is -0.161. The first-order valence-electron chi connectivity index (χ1n) is 45.9. The lowest BCUT2D eigenvalue weighted by Gasteiger charge is -2.31. The molecule has 0 bridgehead atoms. The number of ether oxygens (including phenoxy) is 4. The molecular weight excluding hydrogens is 1620 g/mol. The lowest BCUT2D eigenvalue weighted by atomic mass is 9.76. The minimum Gasteiger partial charge on any atom is -0.489 e. The summed E-state index contributed by atoms with van der Waals surface area (Å²) < 4.78 is 25.6. The Morgan fingerprint density at radius 2 is 1.03 bits per heavy atom. The van der Waals surface area contributed by atoms with Gasteiger partial charge in [-0.2, -0.15) is 0 Å². The molecule has 8 aliphatic rings. The Hall–Kier alpha value is -8.10. The van der Waals surface area contributed by atoms with Crippen molar-refractivity contribution in [2.24, 2.45) is 58.2 Å². The van der Waals surface area contributed by atoms with Crippen molar-refractivity contribution in [2.45, 2.75) is 334 Å². The predicted molar refractivity (Wildman–Crippen MR) is 477 cm³/mol. The second kappa shape index (κ2) is 48.2. The van der Waals surface area contributed by atoms with Crippen molar-refractivity contribution in [3.63, 3.8) is 0 Å². The maximum atomic E-state index is 14.1. The molecule has 0 spiro atoms. The first-order chi connectivity index (χ1) is 59.2. The molecule has 2 aromatic carbocycles. The summed E-state index contributed by atoms with van der Waals surface area (Å²) in [5, 5.41) is 42.9. The summed E-state index contributed by atoms with van der Waals surface area (Å²) in [5.74, 6) is 9.11. The molecule has 18 atom stereocenters. The largest absolute Gasteiger partial charge is 0.489 e. The number of amides is 5. The monoisotopic (exact) mass is 1750 g/mol. The van der Waals surface area contributed by atoms with Crippen molar-refractivity contribution in [1.82, 2.24) is 15.1 Å². The van der Waals surface area contributed by atoms with Gasteiger partial charge in [-0.15, -0.1) is 47.2 Å². The molecular formula is C99H137N3O20S2. The molecule has 0 radical (unpaired) electrons. The molecule has 124 heavy (non-hydrogen) atoms. The SMILES string of the molecule is CC#CC[C@H](C)[C@@H](/C=C/[C@@H]1[C@H]2c3cccc(CCCC(=O)O)c3O[C@H]2C[C@H]1O)OC(=O)C1CCCCC1C(=O)CCCCCCCSC1CC(=O)N(CCC(=O)C(C)(C)C)C1=O.CC#CC[C@H](C)[C@H](O)/C=C/[C@@H]1[C@H]2c3cccc(CCCC(=O)O)c3O[C@H]2C[C@H]1OC(=O)C1CCCCC1C(=O)NCCCCCCSC1CC(=O)N(CCC(=O)C(C)(C)C)C1=O. The van der Waals surface area contributed by atoms with E-state index in [1.54, 1.807) is 19.9 Å². The number of aliphatic carboxylic acids is 2. The number of carbonyl (C=O) groups is 12. The van der Waals surface area contributed by atoms with E-state index in [4.69, 9.17) is 24.1 Å². The van der Waals surface area contributed by atoms with E-state index in [9.17, 15) is 72.9 Å². The molecule has 4 saturated carbocycles. The van der Waals surface area contributed by atoms with Gasteiger partial charge < -0.3 is 44.7 Å². The average Bonchev–Trinajstić information content (AvgIpc) is 1.59. The standard InChI is InChI=1S/C50H69NO10S.C49H68N2O10S/c1-6-7-17-32(2)40(26-25-36-39(53)30-41-46(36)37-22-15-18-33(47(37)60-41)19-16-24-45(56)57)61-49(59)35-21-13-12-20-34(35)38(52)23-11-9-8-10-14-29-62-42-31-44(55)51(48(42)58)28-27-43(54)50(3,4)5;1-6-7-16-31(2)37(52)24-23-35-38(29-39-44(35)36-21-14-17-32(45(36)60-39)18-15-22-43(55)56)61-48(59)34-20-11-10-19-33(34)46(57)50-26-12-8-9-13-28-62-40-30-42(54)51(47(40)58)27-25-41(53)49(3,4)5/h15,18,22,25-26,32,34-36,39-42,46,53H,8-14,16-17,19-21,23-24,27-31H2,1-5H3,(H,56,57);14,17,21,23-24,31,33-35,37-40,44,52H,8-13,15-16,18-20,22,25-30H2,1-5H3,(H,50,57)(H,55,56)/b26-25+;24-23+/t32-,34?,35?,36-,39+,40+,41-,42?,46-;31-,33?,34?,35-,37+,38+,39-,40?,44-/m00/s1. The molecule has 23 nitrogen and oxygen atoms in total. The summed E-state index contributed by atoms with van der Waals surface area (Å²) in [6.07, 6.45) is 24.0.